The molecule has 0 amide bonds. The standard InChI is InChI=1S/C16H20N2O3/c1-3-5-9-13(17)11(4-2)15(19)21-16(20)12-8-6-7-10-14(12)18/h3-5,8-10H,6-7,17-18H2,1-2H3/b5-3-,11-4+,13-9+. The first kappa shape index (κ1) is 16.5. The van der Waals surface area contributed by atoms with Crippen LogP contribution >= 0.6 is 0 Å². The number of hydrogen-bond donors (Lipinski definition) is 2. The number of ether oxygens (including phenoxy) is 1. The van der Waals surface area contributed by atoms with Crippen molar-refractivity contribution >= 4 is 11.9 Å². The maximum atomic E-state index is 12.0. The zero-order chi connectivity index (χ0) is 15.8. The van der Waals surface area contributed by atoms with Crippen LogP contribution < -0.4 is 11.5 Å². The Bertz CT molecular complexity index is 578. The van der Waals surface area contributed by atoms with Gasteiger partial charge in [-0.05, 0) is 32.8 Å². The second kappa shape index (κ2) is 7.89. The van der Waals surface area contributed by atoms with Crippen LogP contribution in [0.15, 0.2) is 59.0 Å². The average molecular weight is 288 g/mol. The molecule has 0 aromatic heterocycles. The normalized spacial score (nSPS) is 16.5. The van der Waals surface area contributed by atoms with Gasteiger partial charge in [-0.3, -0.25) is 0 Å². The summed E-state index contributed by atoms with van der Waals surface area (Å²) in [6, 6.07) is 0. The molecule has 0 saturated heterocycles. The molecule has 0 aromatic carbocycles. The van der Waals surface area contributed by atoms with Crippen molar-refractivity contribution in [2.24, 2.45) is 11.5 Å². The predicted octanol–water partition coefficient (Wildman–Crippen LogP) is 1.98. The lowest BCUT2D eigenvalue weighted by Gasteiger charge is -2.12. The maximum Gasteiger partial charge on any atom is 0.347 e. The highest BCUT2D eigenvalue weighted by molar-refractivity contribution is 6.05. The molecule has 1 aliphatic rings. The molecule has 0 atom stereocenters. The van der Waals surface area contributed by atoms with Crippen molar-refractivity contribution in [1.29, 1.82) is 0 Å². The van der Waals surface area contributed by atoms with Crippen molar-refractivity contribution in [2.45, 2.75) is 26.7 Å². The maximum absolute atomic E-state index is 12.0. The number of carbonyl (C=O) groups excluding carboxylic acids is 2. The molecule has 0 heterocycles. The van der Waals surface area contributed by atoms with Crippen LogP contribution in [0.1, 0.15) is 26.7 Å². The van der Waals surface area contributed by atoms with Crippen LogP contribution in [0.2, 0.25) is 0 Å². The second-order valence-electron chi connectivity index (χ2n) is 4.38. The van der Waals surface area contributed by atoms with Crippen LogP contribution in [0.5, 0.6) is 0 Å². The third-order valence-corrected chi connectivity index (χ3v) is 2.88. The molecule has 0 radical (unpaired) electrons. The van der Waals surface area contributed by atoms with Gasteiger partial charge in [0.2, 0.25) is 0 Å². The van der Waals surface area contributed by atoms with Crippen LogP contribution in [-0.4, -0.2) is 11.9 Å². The van der Waals surface area contributed by atoms with Gasteiger partial charge in [-0.1, -0.05) is 30.4 Å². The third-order valence-electron chi connectivity index (χ3n) is 2.88. The molecule has 5 nitrogen and oxygen atoms in total. The Kier molecular flexibility index (Phi) is 6.20. The Morgan fingerprint density at radius 2 is 1.90 bits per heavy atom. The molecule has 0 bridgehead atoms. The van der Waals surface area contributed by atoms with E-state index in [1.807, 2.05) is 6.92 Å². The van der Waals surface area contributed by atoms with Gasteiger partial charge < -0.3 is 16.2 Å². The zero-order valence-corrected chi connectivity index (χ0v) is 12.3. The number of allylic oxidation sites excluding steroid dienone is 6. The molecule has 1 rings (SSSR count). The molecule has 0 saturated carbocycles. The molecule has 21 heavy (non-hydrogen) atoms. The summed E-state index contributed by atoms with van der Waals surface area (Å²) < 4.78 is 4.83. The van der Waals surface area contributed by atoms with Crippen LogP contribution in [0, 0.1) is 0 Å². The first-order valence-electron chi connectivity index (χ1n) is 6.69. The van der Waals surface area contributed by atoms with Crippen LogP contribution in [0.4, 0.5) is 0 Å². The van der Waals surface area contributed by atoms with Crippen molar-refractivity contribution in [2.75, 3.05) is 0 Å². The number of hydrogen-bond acceptors (Lipinski definition) is 5. The fourth-order valence-corrected chi connectivity index (χ4v) is 1.78. The zero-order valence-electron chi connectivity index (χ0n) is 12.3. The number of carbonyl (C=O) groups is 2. The Labute approximate surface area is 124 Å². The molecule has 4 N–H and O–H groups in total. The SMILES string of the molecule is C\C=C/C=C(N)\C(=C/C)C(=O)OC(=O)C1=CCCC=C1N. The van der Waals surface area contributed by atoms with E-state index in [2.05, 4.69) is 0 Å². The van der Waals surface area contributed by atoms with E-state index < -0.39 is 11.9 Å². The van der Waals surface area contributed by atoms with E-state index in [4.69, 9.17) is 16.2 Å². The van der Waals surface area contributed by atoms with Gasteiger partial charge in [-0.15, -0.1) is 0 Å². The Balaban J connectivity index is 2.82. The van der Waals surface area contributed by atoms with Crippen molar-refractivity contribution in [3.8, 4) is 0 Å². The summed E-state index contributed by atoms with van der Waals surface area (Å²) in [5.41, 5.74) is 12.4. The molecule has 0 aliphatic heterocycles. The fourth-order valence-electron chi connectivity index (χ4n) is 1.78. The molecular formula is C16H20N2O3. The van der Waals surface area contributed by atoms with Gasteiger partial charge in [0, 0.05) is 11.4 Å². The van der Waals surface area contributed by atoms with E-state index in [9.17, 15) is 9.59 Å². The highest BCUT2D eigenvalue weighted by Gasteiger charge is 2.22. The molecule has 0 fully saturated rings. The van der Waals surface area contributed by atoms with Gasteiger partial charge >= 0.3 is 11.9 Å². The monoisotopic (exact) mass is 288 g/mol. The van der Waals surface area contributed by atoms with E-state index in [1.165, 1.54) is 6.08 Å². The summed E-state index contributed by atoms with van der Waals surface area (Å²) in [4.78, 5) is 23.9. The first-order valence-corrected chi connectivity index (χ1v) is 6.69. The molecule has 0 spiro atoms. The van der Waals surface area contributed by atoms with Crippen molar-refractivity contribution in [3.63, 3.8) is 0 Å². The molecule has 112 valence electrons. The van der Waals surface area contributed by atoms with E-state index in [1.54, 1.807) is 37.3 Å². The van der Waals surface area contributed by atoms with Crippen LogP contribution in [-0.2, 0) is 14.3 Å². The lowest BCUT2D eigenvalue weighted by Crippen LogP contribution is -2.22. The quantitative estimate of drug-likeness (QED) is 0.357. The molecule has 0 aromatic rings. The summed E-state index contributed by atoms with van der Waals surface area (Å²) in [6.45, 7) is 3.47. The first-order chi connectivity index (χ1) is 10.0. The van der Waals surface area contributed by atoms with Gasteiger partial charge in [0.15, 0.2) is 0 Å². The molecule has 5 heteroatoms. The Morgan fingerprint density at radius 3 is 2.48 bits per heavy atom. The highest BCUT2D eigenvalue weighted by atomic mass is 16.6. The number of rotatable bonds is 4. The van der Waals surface area contributed by atoms with Gasteiger partial charge in [-0.25, -0.2) is 9.59 Å². The average Bonchev–Trinajstić information content (AvgIpc) is 2.46. The van der Waals surface area contributed by atoms with E-state index in [0.29, 0.717) is 12.1 Å². The number of esters is 2. The summed E-state index contributed by atoms with van der Waals surface area (Å²) >= 11 is 0. The molecule has 1 aliphatic carbocycles. The van der Waals surface area contributed by atoms with E-state index in [-0.39, 0.29) is 16.8 Å². The van der Waals surface area contributed by atoms with Gasteiger partial charge in [-0.2, -0.15) is 0 Å². The lowest BCUT2D eigenvalue weighted by atomic mass is 10.0. The second-order valence-corrected chi connectivity index (χ2v) is 4.38. The van der Waals surface area contributed by atoms with Crippen molar-refractivity contribution < 1.29 is 14.3 Å². The fraction of sp³-hybridized carbons (Fsp3) is 0.250. The highest BCUT2D eigenvalue weighted by Crippen LogP contribution is 2.17. The smallest absolute Gasteiger partial charge is 0.347 e. The van der Waals surface area contributed by atoms with Crippen LogP contribution in [0.25, 0.3) is 0 Å². The summed E-state index contributed by atoms with van der Waals surface area (Å²) in [6.07, 6.45) is 11.4. The third kappa shape index (κ3) is 4.49. The van der Waals surface area contributed by atoms with Crippen molar-refractivity contribution in [3.05, 3.63) is 59.0 Å². The van der Waals surface area contributed by atoms with Crippen LogP contribution in [0.3, 0.4) is 0 Å². The minimum Gasteiger partial charge on any atom is -0.398 e. The van der Waals surface area contributed by atoms with E-state index >= 15 is 0 Å². The molecular weight excluding hydrogens is 268 g/mol. The lowest BCUT2D eigenvalue weighted by molar-refractivity contribution is -0.153. The summed E-state index contributed by atoms with van der Waals surface area (Å²) in [5.74, 6) is -1.55. The van der Waals surface area contributed by atoms with Gasteiger partial charge in [0.1, 0.15) is 0 Å². The van der Waals surface area contributed by atoms with E-state index in [0.717, 1.165) is 6.42 Å². The molecule has 0 unspecified atom stereocenters. The summed E-state index contributed by atoms with van der Waals surface area (Å²) in [5, 5.41) is 0. The minimum absolute atomic E-state index is 0.139. The topological polar surface area (TPSA) is 95.4 Å². The largest absolute Gasteiger partial charge is 0.398 e. The Morgan fingerprint density at radius 1 is 1.24 bits per heavy atom. The minimum atomic E-state index is -0.792. The number of nitrogens with two attached hydrogens (primary N) is 2. The van der Waals surface area contributed by atoms with Crippen molar-refractivity contribution in [1.82, 2.24) is 0 Å². The summed E-state index contributed by atoms with van der Waals surface area (Å²) in [7, 11) is 0. The predicted molar refractivity (Wildman–Crippen MR) is 81.5 cm³/mol. The Hall–Kier alpha value is -2.56. The van der Waals surface area contributed by atoms with Gasteiger partial charge in [0.05, 0.1) is 11.1 Å². The van der Waals surface area contributed by atoms with Gasteiger partial charge in [0.25, 0.3) is 0 Å².